The summed E-state index contributed by atoms with van der Waals surface area (Å²) >= 11 is 0. The Kier molecular flexibility index (Phi) is 4.47. The zero-order valence-electron chi connectivity index (χ0n) is 10.2. The Bertz CT molecular complexity index is 422. The molecule has 4 heteroatoms. The summed E-state index contributed by atoms with van der Waals surface area (Å²) in [5.41, 5.74) is 0.811. The summed E-state index contributed by atoms with van der Waals surface area (Å²) in [5, 5.41) is 6.16. The van der Waals surface area contributed by atoms with Crippen LogP contribution < -0.4 is 10.6 Å². The molecule has 3 nitrogen and oxygen atoms in total. The second-order valence-corrected chi connectivity index (χ2v) is 4.42. The summed E-state index contributed by atoms with van der Waals surface area (Å²) < 4.78 is 12.7. The number of benzene rings is 1. The first-order valence-corrected chi connectivity index (χ1v) is 6.19. The molecule has 1 aromatic carbocycles. The van der Waals surface area contributed by atoms with Crippen LogP contribution in [-0.4, -0.2) is 25.0 Å². The van der Waals surface area contributed by atoms with Gasteiger partial charge in [-0.25, -0.2) is 4.39 Å². The molecule has 2 rings (SSSR count). The molecule has 1 atom stereocenters. The molecule has 1 fully saturated rings. The van der Waals surface area contributed by atoms with Crippen LogP contribution in [0, 0.1) is 5.82 Å². The summed E-state index contributed by atoms with van der Waals surface area (Å²) in [4.78, 5) is 11.5. The number of hydrogen-bond acceptors (Lipinski definition) is 2. The maximum atomic E-state index is 12.7. The molecule has 0 radical (unpaired) electrons. The maximum Gasteiger partial charge on any atom is 0.244 e. The number of carbonyl (C=O) groups excluding carboxylic acids is 1. The normalized spacial score (nSPS) is 19.3. The number of carbonyl (C=O) groups is 1. The topological polar surface area (TPSA) is 41.1 Å². The fraction of sp³-hybridized carbons (Fsp3) is 0.357. The van der Waals surface area contributed by atoms with Crippen molar-refractivity contribution in [2.75, 3.05) is 13.1 Å². The van der Waals surface area contributed by atoms with E-state index in [0.29, 0.717) is 12.6 Å². The summed E-state index contributed by atoms with van der Waals surface area (Å²) in [6.45, 7) is 1.69. The van der Waals surface area contributed by atoms with Gasteiger partial charge < -0.3 is 10.6 Å². The van der Waals surface area contributed by atoms with Gasteiger partial charge in [-0.05, 0) is 43.2 Å². The van der Waals surface area contributed by atoms with E-state index in [-0.39, 0.29) is 11.7 Å². The van der Waals surface area contributed by atoms with Gasteiger partial charge in [-0.3, -0.25) is 4.79 Å². The van der Waals surface area contributed by atoms with Crippen LogP contribution in [0.2, 0.25) is 0 Å². The lowest BCUT2D eigenvalue weighted by Gasteiger charge is -2.09. The zero-order chi connectivity index (χ0) is 12.8. The Balaban J connectivity index is 1.77. The van der Waals surface area contributed by atoms with Gasteiger partial charge in [0, 0.05) is 18.7 Å². The molecule has 1 aromatic rings. The lowest BCUT2D eigenvalue weighted by molar-refractivity contribution is -0.116. The number of amides is 1. The van der Waals surface area contributed by atoms with Gasteiger partial charge in [-0.15, -0.1) is 0 Å². The minimum absolute atomic E-state index is 0.118. The maximum absolute atomic E-state index is 12.7. The molecule has 1 unspecified atom stereocenters. The van der Waals surface area contributed by atoms with Crippen LogP contribution in [-0.2, 0) is 4.79 Å². The van der Waals surface area contributed by atoms with Crippen LogP contribution in [0.3, 0.4) is 0 Å². The van der Waals surface area contributed by atoms with E-state index in [4.69, 9.17) is 0 Å². The summed E-state index contributed by atoms with van der Waals surface area (Å²) in [6, 6.07) is 6.42. The number of rotatable bonds is 4. The summed E-state index contributed by atoms with van der Waals surface area (Å²) in [5.74, 6) is -0.392. The van der Waals surface area contributed by atoms with Crippen LogP contribution in [0.15, 0.2) is 30.3 Å². The predicted molar refractivity (Wildman–Crippen MR) is 69.5 cm³/mol. The van der Waals surface area contributed by atoms with Crippen molar-refractivity contribution in [3.05, 3.63) is 41.7 Å². The van der Waals surface area contributed by atoms with Gasteiger partial charge in [0.1, 0.15) is 5.82 Å². The molecule has 18 heavy (non-hydrogen) atoms. The quantitative estimate of drug-likeness (QED) is 0.796. The van der Waals surface area contributed by atoms with Crippen molar-refractivity contribution in [3.63, 3.8) is 0 Å². The van der Waals surface area contributed by atoms with E-state index >= 15 is 0 Å². The highest BCUT2D eigenvalue weighted by Gasteiger charge is 2.13. The molecule has 0 saturated carbocycles. The smallest absolute Gasteiger partial charge is 0.244 e. The first-order chi connectivity index (χ1) is 8.74. The first kappa shape index (κ1) is 12.8. The van der Waals surface area contributed by atoms with Gasteiger partial charge in [0.25, 0.3) is 0 Å². The molecule has 0 spiro atoms. The standard InChI is InChI=1S/C14H17FN2O/c15-12-6-3-11(4-7-12)5-8-14(18)17-10-13-2-1-9-16-13/h3-8,13,16H,1-2,9-10H2,(H,17,18)/b8-5+. The van der Waals surface area contributed by atoms with Gasteiger partial charge in [0.15, 0.2) is 0 Å². The van der Waals surface area contributed by atoms with Gasteiger partial charge in [-0.1, -0.05) is 12.1 Å². The third kappa shape index (κ3) is 3.96. The molecule has 0 aromatic heterocycles. The van der Waals surface area contributed by atoms with E-state index < -0.39 is 0 Å². The van der Waals surface area contributed by atoms with Crippen molar-refractivity contribution in [1.82, 2.24) is 10.6 Å². The molecule has 1 heterocycles. The van der Waals surface area contributed by atoms with Gasteiger partial charge in [0.05, 0.1) is 0 Å². The Labute approximate surface area is 106 Å². The second kappa shape index (κ2) is 6.31. The minimum Gasteiger partial charge on any atom is -0.351 e. The molecular formula is C14H17FN2O. The molecule has 1 aliphatic rings. The molecule has 0 bridgehead atoms. The monoisotopic (exact) mass is 248 g/mol. The molecule has 1 aliphatic heterocycles. The lowest BCUT2D eigenvalue weighted by Crippen LogP contribution is -2.36. The van der Waals surface area contributed by atoms with Crippen LogP contribution in [0.25, 0.3) is 6.08 Å². The largest absolute Gasteiger partial charge is 0.351 e. The van der Waals surface area contributed by atoms with Gasteiger partial charge >= 0.3 is 0 Å². The van der Waals surface area contributed by atoms with Crippen LogP contribution >= 0.6 is 0 Å². The molecular weight excluding hydrogens is 231 g/mol. The number of nitrogens with one attached hydrogen (secondary N) is 2. The Hall–Kier alpha value is -1.68. The molecule has 1 amide bonds. The van der Waals surface area contributed by atoms with E-state index in [1.54, 1.807) is 18.2 Å². The average molecular weight is 248 g/mol. The van der Waals surface area contributed by atoms with Crippen LogP contribution in [0.4, 0.5) is 4.39 Å². The number of hydrogen-bond donors (Lipinski definition) is 2. The van der Waals surface area contributed by atoms with Gasteiger partial charge in [0.2, 0.25) is 5.91 Å². The van der Waals surface area contributed by atoms with E-state index in [2.05, 4.69) is 10.6 Å². The first-order valence-electron chi connectivity index (χ1n) is 6.19. The Morgan fingerprint density at radius 2 is 2.22 bits per heavy atom. The van der Waals surface area contributed by atoms with Crippen LogP contribution in [0.5, 0.6) is 0 Å². The highest BCUT2D eigenvalue weighted by atomic mass is 19.1. The Morgan fingerprint density at radius 3 is 2.89 bits per heavy atom. The van der Waals surface area contributed by atoms with Crippen molar-refractivity contribution in [1.29, 1.82) is 0 Å². The second-order valence-electron chi connectivity index (χ2n) is 4.42. The van der Waals surface area contributed by atoms with E-state index in [0.717, 1.165) is 18.5 Å². The summed E-state index contributed by atoms with van der Waals surface area (Å²) in [6.07, 6.45) is 5.44. The summed E-state index contributed by atoms with van der Waals surface area (Å²) in [7, 11) is 0. The molecule has 1 saturated heterocycles. The van der Waals surface area contributed by atoms with Crippen molar-refractivity contribution < 1.29 is 9.18 Å². The van der Waals surface area contributed by atoms with Crippen molar-refractivity contribution >= 4 is 12.0 Å². The van der Waals surface area contributed by atoms with E-state index in [9.17, 15) is 9.18 Å². The van der Waals surface area contributed by atoms with Crippen molar-refractivity contribution in [3.8, 4) is 0 Å². The molecule has 2 N–H and O–H groups in total. The zero-order valence-corrected chi connectivity index (χ0v) is 10.2. The van der Waals surface area contributed by atoms with Crippen molar-refractivity contribution in [2.24, 2.45) is 0 Å². The third-order valence-electron chi connectivity index (χ3n) is 2.98. The number of halogens is 1. The highest BCUT2D eigenvalue weighted by Crippen LogP contribution is 2.05. The van der Waals surface area contributed by atoms with E-state index in [1.807, 2.05) is 0 Å². The van der Waals surface area contributed by atoms with E-state index in [1.165, 1.54) is 24.6 Å². The fourth-order valence-corrected chi connectivity index (χ4v) is 1.96. The van der Waals surface area contributed by atoms with Crippen molar-refractivity contribution in [2.45, 2.75) is 18.9 Å². The lowest BCUT2D eigenvalue weighted by atomic mass is 10.2. The fourth-order valence-electron chi connectivity index (χ4n) is 1.96. The average Bonchev–Trinajstić information content (AvgIpc) is 2.89. The Morgan fingerprint density at radius 1 is 1.44 bits per heavy atom. The highest BCUT2D eigenvalue weighted by molar-refractivity contribution is 5.91. The minimum atomic E-state index is -0.274. The third-order valence-corrected chi connectivity index (χ3v) is 2.98. The SMILES string of the molecule is O=C(/C=C/c1ccc(F)cc1)NCC1CCCN1. The van der Waals surface area contributed by atoms with Gasteiger partial charge in [-0.2, -0.15) is 0 Å². The predicted octanol–water partition coefficient (Wildman–Crippen LogP) is 1.71. The van der Waals surface area contributed by atoms with Crippen LogP contribution in [0.1, 0.15) is 18.4 Å². The molecule has 96 valence electrons. The molecule has 0 aliphatic carbocycles.